The molecule has 3 unspecified atom stereocenters. The second kappa shape index (κ2) is 19.7. The topological polar surface area (TPSA) is 102 Å². The van der Waals surface area contributed by atoms with Crippen LogP contribution in [0.5, 0.6) is 17.2 Å². The number of rotatable bonds is 16. The van der Waals surface area contributed by atoms with Crippen molar-refractivity contribution in [3.63, 3.8) is 0 Å². The number of carbonyl (C=O) groups excluding carboxylic acids is 1. The number of likely N-dealkylation sites (tertiary alicyclic amines) is 1. The second-order valence-corrected chi connectivity index (χ2v) is 15.8. The van der Waals surface area contributed by atoms with Gasteiger partial charge in [-0.3, -0.25) is 4.90 Å². The molecule has 2 aliphatic rings. The number of para-hydroxylation sites is 1. The van der Waals surface area contributed by atoms with Crippen LogP contribution in [-0.4, -0.2) is 123 Å². The van der Waals surface area contributed by atoms with Crippen LogP contribution >= 0.6 is 0 Å². The number of piperidine rings is 1. The molecule has 0 aromatic heterocycles. The van der Waals surface area contributed by atoms with E-state index in [-0.39, 0.29) is 19.0 Å². The number of aliphatic hydroxyl groups excluding tert-OH is 1. The highest BCUT2D eigenvalue weighted by Crippen LogP contribution is 2.34. The molecule has 11 heteroatoms. The van der Waals surface area contributed by atoms with Crippen LogP contribution in [0.4, 0.5) is 4.79 Å². The lowest BCUT2D eigenvalue weighted by Gasteiger charge is -2.42. The summed E-state index contributed by atoms with van der Waals surface area (Å²) in [7, 11) is 3.83. The Bertz CT molecular complexity index is 1840. The smallest absolute Gasteiger partial charge is 0.410 e. The van der Waals surface area contributed by atoms with Gasteiger partial charge in [0.15, 0.2) is 0 Å². The maximum atomic E-state index is 13.2. The van der Waals surface area contributed by atoms with Gasteiger partial charge in [0.25, 0.3) is 0 Å². The Morgan fingerprint density at radius 1 is 0.804 bits per heavy atom. The molecular formula is C45H59N3O8. The predicted molar refractivity (Wildman–Crippen MR) is 218 cm³/mol. The largest absolute Gasteiger partial charge is 0.496 e. The Kier molecular flexibility index (Phi) is 14.5. The predicted octanol–water partition coefficient (Wildman–Crippen LogP) is 6.74. The Morgan fingerprint density at radius 2 is 1.54 bits per heavy atom. The van der Waals surface area contributed by atoms with Crippen molar-refractivity contribution in [2.75, 3.05) is 79.8 Å². The zero-order chi connectivity index (χ0) is 39.5. The highest BCUT2D eigenvalue weighted by atomic mass is 16.6. The molecule has 2 heterocycles. The number of hydrogen-bond donors (Lipinski definition) is 1. The molecule has 2 saturated heterocycles. The van der Waals surface area contributed by atoms with Crippen molar-refractivity contribution < 1.29 is 38.3 Å². The van der Waals surface area contributed by atoms with Gasteiger partial charge >= 0.3 is 6.09 Å². The molecule has 0 aliphatic carbocycles. The van der Waals surface area contributed by atoms with Crippen LogP contribution in [0.3, 0.4) is 0 Å². The van der Waals surface area contributed by atoms with Gasteiger partial charge in [-0.15, -0.1) is 0 Å². The lowest BCUT2D eigenvalue weighted by molar-refractivity contribution is -0.0755. The van der Waals surface area contributed by atoms with Gasteiger partial charge < -0.3 is 43.3 Å². The Balaban J connectivity index is 1.06. The van der Waals surface area contributed by atoms with Crippen molar-refractivity contribution in [1.29, 1.82) is 0 Å². The summed E-state index contributed by atoms with van der Waals surface area (Å²) in [5.41, 5.74) is 2.25. The van der Waals surface area contributed by atoms with Crippen molar-refractivity contribution in [1.82, 2.24) is 14.7 Å². The van der Waals surface area contributed by atoms with Gasteiger partial charge in [0.1, 0.15) is 29.5 Å². The van der Waals surface area contributed by atoms with Gasteiger partial charge in [0.2, 0.25) is 0 Å². The van der Waals surface area contributed by atoms with Crippen molar-refractivity contribution >= 4 is 16.9 Å². The van der Waals surface area contributed by atoms with E-state index in [0.717, 1.165) is 83.9 Å². The van der Waals surface area contributed by atoms with E-state index in [1.165, 1.54) is 0 Å². The molecule has 0 bridgehead atoms. The zero-order valence-corrected chi connectivity index (χ0v) is 33.7. The summed E-state index contributed by atoms with van der Waals surface area (Å²) in [6.07, 6.45) is -1.09. The molecule has 4 aromatic rings. The Labute approximate surface area is 332 Å². The van der Waals surface area contributed by atoms with Crippen LogP contribution in [0.1, 0.15) is 49.8 Å². The first-order valence-corrected chi connectivity index (χ1v) is 19.8. The van der Waals surface area contributed by atoms with E-state index in [9.17, 15) is 9.90 Å². The van der Waals surface area contributed by atoms with Gasteiger partial charge in [-0.2, -0.15) is 0 Å². The molecule has 2 aliphatic heterocycles. The summed E-state index contributed by atoms with van der Waals surface area (Å²) in [5, 5.41) is 13.7. The number of piperazine rings is 1. The number of carbonyl (C=O) groups is 1. The van der Waals surface area contributed by atoms with E-state index >= 15 is 0 Å². The fourth-order valence-electron chi connectivity index (χ4n) is 7.22. The molecule has 1 N–H and O–H groups in total. The van der Waals surface area contributed by atoms with Crippen molar-refractivity contribution in [3.05, 3.63) is 102 Å². The molecule has 6 rings (SSSR count). The third-order valence-corrected chi connectivity index (χ3v) is 10.3. The maximum absolute atomic E-state index is 13.2. The summed E-state index contributed by atoms with van der Waals surface area (Å²) in [4.78, 5) is 19.5. The number of aliphatic hydroxyl groups is 1. The fourth-order valence-corrected chi connectivity index (χ4v) is 7.22. The minimum absolute atomic E-state index is 0.139. The summed E-state index contributed by atoms with van der Waals surface area (Å²) in [6, 6.07) is 28.1. The normalized spacial score (nSPS) is 19.5. The SMILES string of the molecule is COc1ccccc1COCCCOc1ccc(C2C(O)CN(C(=O)OC(C)(C)C)CC2OCc2ccc3ccc(OCCN4CCN(C)CC4)cc3c2)cc1. The second-order valence-electron chi connectivity index (χ2n) is 15.8. The number of fused-ring (bicyclic) bond motifs is 1. The Hall–Kier alpha value is -4.39. The van der Waals surface area contributed by atoms with Crippen LogP contribution in [0.2, 0.25) is 0 Å². The van der Waals surface area contributed by atoms with E-state index in [1.54, 1.807) is 12.0 Å². The molecule has 0 spiro atoms. The molecule has 3 atom stereocenters. The first-order valence-electron chi connectivity index (χ1n) is 19.8. The number of ether oxygens (including phenoxy) is 6. The Morgan fingerprint density at radius 3 is 2.30 bits per heavy atom. The standard InChI is InChI=1S/C45H59N3O8/c1-45(2,3)56-44(50)48-29-40(49)43(35-14-16-38(17-15-35)53-25-8-24-52-32-36-9-6-7-10-41(36)51-5)42(30-48)55-31-33-11-12-34-13-18-39(28-37(34)27-33)54-26-23-47-21-19-46(4)20-22-47/h6-7,9-18,27-28,40,42-43,49H,8,19-26,29-32H2,1-5H3. The minimum Gasteiger partial charge on any atom is -0.496 e. The van der Waals surface area contributed by atoms with Gasteiger partial charge in [-0.25, -0.2) is 4.79 Å². The summed E-state index contributed by atoms with van der Waals surface area (Å²) in [5.74, 6) is 2.03. The van der Waals surface area contributed by atoms with Crippen molar-refractivity contribution in [2.45, 2.75) is 64.1 Å². The zero-order valence-electron chi connectivity index (χ0n) is 33.7. The average molecular weight is 770 g/mol. The number of likely N-dealkylation sites (N-methyl/N-ethyl adjacent to an activating group) is 1. The highest BCUT2D eigenvalue weighted by Gasteiger charge is 2.40. The lowest BCUT2D eigenvalue weighted by atomic mass is 9.84. The van der Waals surface area contributed by atoms with Crippen LogP contribution < -0.4 is 14.2 Å². The number of methoxy groups -OCH3 is 1. The molecule has 56 heavy (non-hydrogen) atoms. The van der Waals surface area contributed by atoms with Crippen LogP contribution in [0.25, 0.3) is 10.8 Å². The van der Waals surface area contributed by atoms with Gasteiger partial charge in [-0.05, 0) is 86.1 Å². The number of β-amino-alcohol motifs (C(OH)–C–C–N with tert-alkyl or cyclic N) is 1. The minimum atomic E-state index is -0.865. The van der Waals surface area contributed by atoms with Crippen molar-refractivity contribution in [3.8, 4) is 17.2 Å². The first kappa shape index (κ1) is 41.2. The number of nitrogens with zero attached hydrogens (tertiary/aromatic N) is 3. The van der Waals surface area contributed by atoms with Crippen molar-refractivity contribution in [2.24, 2.45) is 0 Å². The summed E-state index contributed by atoms with van der Waals surface area (Å²) >= 11 is 0. The molecule has 0 saturated carbocycles. The van der Waals surface area contributed by atoms with E-state index in [2.05, 4.69) is 47.2 Å². The van der Waals surface area contributed by atoms with E-state index in [1.807, 2.05) is 75.4 Å². The third-order valence-electron chi connectivity index (χ3n) is 10.3. The molecule has 1 amide bonds. The van der Waals surface area contributed by atoms with E-state index in [4.69, 9.17) is 28.4 Å². The van der Waals surface area contributed by atoms with Gasteiger partial charge in [-0.1, -0.05) is 48.5 Å². The van der Waals surface area contributed by atoms with Gasteiger partial charge in [0.05, 0.1) is 58.8 Å². The molecule has 0 radical (unpaired) electrons. The van der Waals surface area contributed by atoms with Crippen LogP contribution in [-0.2, 0) is 27.4 Å². The maximum Gasteiger partial charge on any atom is 0.410 e. The lowest BCUT2D eigenvalue weighted by Crippen LogP contribution is -2.54. The number of amides is 1. The summed E-state index contributed by atoms with van der Waals surface area (Å²) in [6.45, 7) is 13.6. The van der Waals surface area contributed by atoms with E-state index < -0.39 is 23.9 Å². The molecule has 4 aromatic carbocycles. The van der Waals surface area contributed by atoms with Gasteiger partial charge in [0, 0.05) is 50.6 Å². The monoisotopic (exact) mass is 769 g/mol. The number of hydrogen-bond acceptors (Lipinski definition) is 10. The fraction of sp³-hybridized carbons (Fsp3) is 0.489. The summed E-state index contributed by atoms with van der Waals surface area (Å²) < 4.78 is 35.7. The van der Waals surface area contributed by atoms with Crippen LogP contribution in [0.15, 0.2) is 84.9 Å². The highest BCUT2D eigenvalue weighted by molar-refractivity contribution is 5.84. The average Bonchev–Trinajstić information content (AvgIpc) is 3.18. The molecule has 302 valence electrons. The molecular weight excluding hydrogens is 711 g/mol. The molecule has 2 fully saturated rings. The first-order chi connectivity index (χ1) is 27.0. The quantitative estimate of drug-likeness (QED) is 0.123. The number of benzene rings is 4. The van der Waals surface area contributed by atoms with Crippen LogP contribution in [0, 0.1) is 0 Å². The molecule has 11 nitrogen and oxygen atoms in total. The third kappa shape index (κ3) is 11.8. The van der Waals surface area contributed by atoms with E-state index in [0.29, 0.717) is 33.0 Å².